The Morgan fingerprint density at radius 3 is 2.43 bits per heavy atom. The van der Waals surface area contributed by atoms with Crippen molar-refractivity contribution in [3.63, 3.8) is 0 Å². The van der Waals surface area contributed by atoms with Crippen LogP contribution < -0.4 is 5.32 Å². The highest BCUT2D eigenvalue weighted by molar-refractivity contribution is 9.09. The molecule has 0 aromatic heterocycles. The van der Waals surface area contributed by atoms with Crippen LogP contribution in [0.3, 0.4) is 0 Å². The summed E-state index contributed by atoms with van der Waals surface area (Å²) < 4.78 is 0. The van der Waals surface area contributed by atoms with Crippen LogP contribution >= 0.6 is 15.9 Å². The van der Waals surface area contributed by atoms with Crippen molar-refractivity contribution in [1.82, 2.24) is 20.0 Å². The number of hydrogen-bond acceptors (Lipinski definition) is 6. The summed E-state index contributed by atoms with van der Waals surface area (Å²) in [6.07, 6.45) is 1.41. The van der Waals surface area contributed by atoms with Gasteiger partial charge in [0.15, 0.2) is 0 Å². The lowest BCUT2D eigenvalue weighted by Crippen LogP contribution is -2.54. The predicted octanol–water partition coefficient (Wildman–Crippen LogP) is 0.990. The number of carbonyl (C=O) groups is 4. The van der Waals surface area contributed by atoms with Gasteiger partial charge in [0, 0.05) is 44.5 Å². The lowest BCUT2D eigenvalue weighted by molar-refractivity contribution is -0.136. The molecular formula is C21H25BrN4O4. The minimum Gasteiger partial charge on any atom is -0.301 e. The van der Waals surface area contributed by atoms with Crippen LogP contribution in [-0.4, -0.2) is 82.4 Å². The van der Waals surface area contributed by atoms with Gasteiger partial charge in [0.25, 0.3) is 11.8 Å². The normalized spacial score (nSPS) is 23.1. The number of piperazine rings is 1. The van der Waals surface area contributed by atoms with E-state index in [0.29, 0.717) is 17.7 Å². The highest BCUT2D eigenvalue weighted by Crippen LogP contribution is 2.30. The molecule has 1 aromatic rings. The first-order valence-corrected chi connectivity index (χ1v) is 11.5. The maximum atomic E-state index is 13.2. The van der Waals surface area contributed by atoms with Gasteiger partial charge in [0.2, 0.25) is 11.8 Å². The minimum absolute atomic E-state index is 0.121. The molecule has 1 atom stereocenters. The van der Waals surface area contributed by atoms with Crippen LogP contribution in [0.1, 0.15) is 45.5 Å². The second-order valence-electron chi connectivity index (χ2n) is 7.95. The molecular weight excluding hydrogens is 452 g/mol. The Labute approximate surface area is 183 Å². The molecule has 1 aromatic carbocycles. The number of piperidine rings is 1. The van der Waals surface area contributed by atoms with E-state index in [4.69, 9.17) is 0 Å². The third-order valence-corrected chi connectivity index (χ3v) is 6.58. The summed E-state index contributed by atoms with van der Waals surface area (Å²) in [6.45, 7) is 5.45. The molecule has 2 fully saturated rings. The highest BCUT2D eigenvalue weighted by atomic mass is 79.9. The molecule has 1 unspecified atom stereocenters. The molecule has 0 saturated carbocycles. The van der Waals surface area contributed by atoms with Crippen LogP contribution in [0.15, 0.2) is 18.2 Å². The van der Waals surface area contributed by atoms with Gasteiger partial charge in [-0.2, -0.15) is 0 Å². The van der Waals surface area contributed by atoms with E-state index in [1.807, 2.05) is 6.07 Å². The number of nitrogens with one attached hydrogen (secondary N) is 1. The molecule has 0 radical (unpaired) electrons. The zero-order chi connectivity index (χ0) is 21.3. The number of alkyl halides is 1. The van der Waals surface area contributed by atoms with Crippen LogP contribution in [0.2, 0.25) is 0 Å². The minimum atomic E-state index is -0.930. The highest BCUT2D eigenvalue weighted by Gasteiger charge is 2.45. The summed E-state index contributed by atoms with van der Waals surface area (Å²) in [6, 6.07) is 4.39. The molecule has 3 aliphatic rings. The van der Waals surface area contributed by atoms with Gasteiger partial charge in [0.05, 0.1) is 11.1 Å². The lowest BCUT2D eigenvalue weighted by atomic mass is 10.0. The van der Waals surface area contributed by atoms with Gasteiger partial charge in [-0.15, -0.1) is 0 Å². The smallest absolute Gasteiger partial charge is 0.262 e. The topological polar surface area (TPSA) is 90.0 Å². The molecule has 30 heavy (non-hydrogen) atoms. The zero-order valence-electron chi connectivity index (χ0n) is 16.7. The van der Waals surface area contributed by atoms with Crippen LogP contribution in [0.25, 0.3) is 0 Å². The molecule has 8 nitrogen and oxygen atoms in total. The standard InChI is InChI=1S/C21H25BrN4O4/c22-7-2-8-24-9-11-25(12-10-24)13-14-3-1-4-15-18(14)21(30)26(20(15)29)16-5-6-17(27)23-19(16)28/h1,3-4,16H,2,5-13H2,(H,23,27,28). The van der Waals surface area contributed by atoms with Crippen molar-refractivity contribution in [3.05, 3.63) is 34.9 Å². The van der Waals surface area contributed by atoms with Gasteiger partial charge in [-0.1, -0.05) is 28.1 Å². The van der Waals surface area contributed by atoms with E-state index in [-0.39, 0.29) is 18.7 Å². The number of rotatable bonds is 6. The number of amides is 4. The zero-order valence-corrected chi connectivity index (χ0v) is 18.3. The number of hydrogen-bond donors (Lipinski definition) is 1. The summed E-state index contributed by atoms with van der Waals surface area (Å²) >= 11 is 3.47. The SMILES string of the molecule is O=C1CCC(N2C(=O)c3cccc(CN4CCN(CCCBr)CC4)c3C2=O)C(=O)N1. The Morgan fingerprint density at radius 1 is 1.00 bits per heavy atom. The monoisotopic (exact) mass is 476 g/mol. The molecule has 9 heteroatoms. The van der Waals surface area contributed by atoms with Crippen molar-refractivity contribution < 1.29 is 19.2 Å². The first-order valence-electron chi connectivity index (χ1n) is 10.3. The predicted molar refractivity (Wildman–Crippen MR) is 113 cm³/mol. The molecule has 4 amide bonds. The van der Waals surface area contributed by atoms with Crippen molar-refractivity contribution in [1.29, 1.82) is 0 Å². The van der Waals surface area contributed by atoms with Crippen LogP contribution in [0.4, 0.5) is 0 Å². The fourth-order valence-electron chi connectivity index (χ4n) is 4.41. The van der Waals surface area contributed by atoms with E-state index >= 15 is 0 Å². The quantitative estimate of drug-likeness (QED) is 0.486. The summed E-state index contributed by atoms with van der Waals surface area (Å²) in [7, 11) is 0. The molecule has 0 aliphatic carbocycles. The van der Waals surface area contributed by atoms with Crippen molar-refractivity contribution >= 4 is 39.6 Å². The summed E-state index contributed by atoms with van der Waals surface area (Å²) in [5, 5.41) is 3.24. The van der Waals surface area contributed by atoms with Crippen molar-refractivity contribution in [2.24, 2.45) is 0 Å². The second kappa shape index (κ2) is 8.95. The number of carbonyl (C=O) groups excluding carboxylic acids is 4. The Kier molecular flexibility index (Phi) is 6.31. The first kappa shape index (κ1) is 21.1. The Balaban J connectivity index is 1.48. The first-order chi connectivity index (χ1) is 14.5. The van der Waals surface area contributed by atoms with Crippen molar-refractivity contribution in [2.75, 3.05) is 38.1 Å². The number of imide groups is 2. The summed E-state index contributed by atoms with van der Waals surface area (Å²) in [4.78, 5) is 55.6. The van der Waals surface area contributed by atoms with E-state index in [1.165, 1.54) is 0 Å². The van der Waals surface area contributed by atoms with E-state index in [9.17, 15) is 19.2 Å². The van der Waals surface area contributed by atoms with Gasteiger partial charge in [0.1, 0.15) is 6.04 Å². The summed E-state index contributed by atoms with van der Waals surface area (Å²) in [5.41, 5.74) is 1.56. The van der Waals surface area contributed by atoms with E-state index in [2.05, 4.69) is 31.0 Å². The maximum Gasteiger partial charge on any atom is 0.262 e. The van der Waals surface area contributed by atoms with Crippen molar-refractivity contribution in [2.45, 2.75) is 31.8 Å². The van der Waals surface area contributed by atoms with Crippen LogP contribution in [0.5, 0.6) is 0 Å². The van der Waals surface area contributed by atoms with Crippen LogP contribution in [0, 0.1) is 0 Å². The van der Waals surface area contributed by atoms with Gasteiger partial charge in [-0.3, -0.25) is 34.3 Å². The average molecular weight is 477 g/mol. The van der Waals surface area contributed by atoms with E-state index < -0.39 is 23.8 Å². The van der Waals surface area contributed by atoms with Gasteiger partial charge in [-0.25, -0.2) is 0 Å². The maximum absolute atomic E-state index is 13.2. The molecule has 3 aliphatic heterocycles. The average Bonchev–Trinajstić information content (AvgIpc) is 2.99. The Hall–Kier alpha value is -2.10. The molecule has 2 saturated heterocycles. The fraction of sp³-hybridized carbons (Fsp3) is 0.524. The lowest BCUT2D eigenvalue weighted by Gasteiger charge is -2.34. The molecule has 160 valence electrons. The number of fused-ring (bicyclic) bond motifs is 1. The molecule has 3 heterocycles. The van der Waals surface area contributed by atoms with Crippen LogP contribution in [-0.2, 0) is 16.1 Å². The molecule has 0 spiro atoms. The third-order valence-electron chi connectivity index (χ3n) is 6.02. The summed E-state index contributed by atoms with van der Waals surface area (Å²) in [5.74, 6) is -1.84. The third kappa shape index (κ3) is 4.06. The molecule has 4 rings (SSSR count). The Bertz CT molecular complexity index is 882. The fourth-order valence-corrected chi connectivity index (χ4v) is 4.66. The largest absolute Gasteiger partial charge is 0.301 e. The molecule has 1 N–H and O–H groups in total. The second-order valence-corrected chi connectivity index (χ2v) is 8.74. The number of nitrogens with zero attached hydrogens (tertiary/aromatic N) is 3. The number of halogens is 1. The Morgan fingerprint density at radius 2 is 1.73 bits per heavy atom. The van der Waals surface area contributed by atoms with E-state index in [0.717, 1.165) is 54.9 Å². The van der Waals surface area contributed by atoms with E-state index in [1.54, 1.807) is 12.1 Å². The van der Waals surface area contributed by atoms with Gasteiger partial charge in [-0.05, 0) is 31.0 Å². The van der Waals surface area contributed by atoms with Gasteiger partial charge >= 0.3 is 0 Å². The number of benzene rings is 1. The molecule has 0 bridgehead atoms. The van der Waals surface area contributed by atoms with Crippen molar-refractivity contribution in [3.8, 4) is 0 Å². The van der Waals surface area contributed by atoms with Gasteiger partial charge < -0.3 is 4.90 Å².